The Labute approximate surface area is 189 Å². The van der Waals surface area contributed by atoms with Crippen LogP contribution in [-0.4, -0.2) is 46.8 Å². The minimum absolute atomic E-state index is 0.0391. The predicted molar refractivity (Wildman–Crippen MR) is 113 cm³/mol. The first-order valence-electron chi connectivity index (χ1n) is 9.05. The average molecular weight is 538 g/mol. The Morgan fingerprint density at radius 3 is 2.06 bits per heavy atom. The van der Waals surface area contributed by atoms with E-state index in [1.54, 1.807) is 26.6 Å². The van der Waals surface area contributed by atoms with Crippen molar-refractivity contribution in [1.82, 2.24) is 4.31 Å². The molecule has 1 rings (SSSR count). The minimum atomic E-state index is -6.19. The SMILES string of the molecule is C/C=C/C#CCN(Cc1cccc([Si](C)(C)C)c1OS(=O)(=O)C(F)(F)F)S(=O)(=O)C(F)(F)F. The molecule has 0 saturated heterocycles. The van der Waals surface area contributed by atoms with Gasteiger partial charge in [0.2, 0.25) is 0 Å². The second kappa shape index (κ2) is 10.1. The van der Waals surface area contributed by atoms with Gasteiger partial charge in [0, 0.05) is 12.1 Å². The van der Waals surface area contributed by atoms with Crippen LogP contribution in [0.4, 0.5) is 26.3 Å². The molecule has 0 radical (unpaired) electrons. The van der Waals surface area contributed by atoms with Gasteiger partial charge in [0.1, 0.15) is 5.75 Å². The maximum absolute atomic E-state index is 13.2. The average Bonchev–Trinajstić information content (AvgIpc) is 2.62. The van der Waals surface area contributed by atoms with Crippen LogP contribution in [0.15, 0.2) is 30.4 Å². The molecule has 0 saturated carbocycles. The zero-order valence-corrected chi connectivity index (χ0v) is 20.5. The molecule has 0 heterocycles. The van der Waals surface area contributed by atoms with E-state index in [2.05, 4.69) is 16.0 Å². The van der Waals surface area contributed by atoms with Crippen LogP contribution in [0.1, 0.15) is 12.5 Å². The number of allylic oxidation sites excluding steroid dienone is 2. The van der Waals surface area contributed by atoms with Gasteiger partial charge in [0.25, 0.3) is 0 Å². The van der Waals surface area contributed by atoms with E-state index in [0.29, 0.717) is 0 Å². The topological polar surface area (TPSA) is 80.8 Å². The van der Waals surface area contributed by atoms with Crippen LogP contribution in [0.2, 0.25) is 19.6 Å². The molecule has 0 fully saturated rings. The third-order valence-electron chi connectivity index (χ3n) is 3.97. The molecule has 0 N–H and O–H groups in total. The molecule has 1 aromatic carbocycles. The van der Waals surface area contributed by atoms with Crippen LogP contribution >= 0.6 is 0 Å². The monoisotopic (exact) mass is 537 g/mol. The Balaban J connectivity index is 3.72. The number of benzene rings is 1. The van der Waals surface area contributed by atoms with Crippen LogP contribution < -0.4 is 9.37 Å². The Morgan fingerprint density at radius 2 is 1.61 bits per heavy atom. The molecule has 6 nitrogen and oxygen atoms in total. The Kier molecular flexibility index (Phi) is 8.86. The second-order valence-electron chi connectivity index (χ2n) is 7.57. The van der Waals surface area contributed by atoms with Crippen molar-refractivity contribution in [3.8, 4) is 17.6 Å². The van der Waals surface area contributed by atoms with Crippen LogP contribution in [0, 0.1) is 11.8 Å². The molecule has 0 aliphatic carbocycles. The molecule has 33 heavy (non-hydrogen) atoms. The number of hydrogen-bond donors (Lipinski definition) is 0. The molecular formula is C18H21F6NO5S2Si. The molecule has 0 aromatic heterocycles. The molecule has 15 heteroatoms. The molecule has 0 atom stereocenters. The van der Waals surface area contributed by atoms with Gasteiger partial charge < -0.3 is 4.18 Å². The van der Waals surface area contributed by atoms with Crippen molar-refractivity contribution >= 4 is 33.4 Å². The number of para-hydroxylation sites is 1. The van der Waals surface area contributed by atoms with E-state index in [-0.39, 0.29) is 9.49 Å². The number of nitrogens with zero attached hydrogens (tertiary/aromatic N) is 1. The van der Waals surface area contributed by atoms with Crippen LogP contribution in [0.25, 0.3) is 0 Å². The molecule has 0 amide bonds. The van der Waals surface area contributed by atoms with Gasteiger partial charge in [-0.2, -0.15) is 39.1 Å². The number of halogens is 6. The summed E-state index contributed by atoms with van der Waals surface area (Å²) in [6.07, 6.45) is 2.69. The molecule has 186 valence electrons. The van der Waals surface area contributed by atoms with Crippen molar-refractivity contribution < 1.29 is 47.4 Å². The fraction of sp³-hybridized carbons (Fsp3) is 0.444. The summed E-state index contributed by atoms with van der Waals surface area (Å²) in [5, 5.41) is 0.0391. The molecular weight excluding hydrogens is 516 g/mol. The number of sulfonamides is 1. The quantitative estimate of drug-likeness (QED) is 0.174. The number of hydrogen-bond acceptors (Lipinski definition) is 5. The first kappa shape index (κ1) is 29.0. The van der Waals surface area contributed by atoms with E-state index in [1.807, 2.05) is 0 Å². The third kappa shape index (κ3) is 7.23. The maximum Gasteiger partial charge on any atom is 0.534 e. The molecule has 0 spiro atoms. The summed E-state index contributed by atoms with van der Waals surface area (Å²) in [7, 11) is -14.8. The highest BCUT2D eigenvalue weighted by molar-refractivity contribution is 7.90. The lowest BCUT2D eigenvalue weighted by Gasteiger charge is -2.26. The van der Waals surface area contributed by atoms with Gasteiger partial charge in [-0.05, 0) is 18.2 Å². The number of rotatable bonds is 7. The Hall–Kier alpha value is -2.02. The van der Waals surface area contributed by atoms with Crippen molar-refractivity contribution in [2.75, 3.05) is 6.54 Å². The summed E-state index contributed by atoms with van der Waals surface area (Å²) in [6, 6.07) is 3.54. The van der Waals surface area contributed by atoms with Crippen LogP contribution in [0.3, 0.4) is 0 Å². The van der Waals surface area contributed by atoms with E-state index in [0.717, 1.165) is 6.07 Å². The van der Waals surface area contributed by atoms with E-state index >= 15 is 0 Å². The molecule has 0 aliphatic rings. The normalized spacial score (nSPS) is 13.8. The van der Waals surface area contributed by atoms with Gasteiger partial charge in [-0.25, -0.2) is 8.42 Å². The second-order valence-corrected chi connectivity index (χ2v) is 16.1. The lowest BCUT2D eigenvalue weighted by molar-refractivity contribution is -0.0500. The zero-order chi connectivity index (χ0) is 25.9. The maximum atomic E-state index is 13.2. The van der Waals surface area contributed by atoms with Gasteiger partial charge in [0.15, 0.2) is 0 Å². The Bertz CT molecular complexity index is 1160. The van der Waals surface area contributed by atoms with E-state index in [9.17, 15) is 43.2 Å². The highest BCUT2D eigenvalue weighted by atomic mass is 32.2. The van der Waals surface area contributed by atoms with Crippen molar-refractivity contribution in [1.29, 1.82) is 0 Å². The van der Waals surface area contributed by atoms with E-state index < -0.39 is 63.6 Å². The minimum Gasteiger partial charge on any atom is -0.376 e. The van der Waals surface area contributed by atoms with Gasteiger partial charge >= 0.3 is 31.2 Å². The molecule has 0 unspecified atom stereocenters. The first-order chi connectivity index (χ1) is 14.8. The number of alkyl halides is 6. The first-order valence-corrected chi connectivity index (χ1v) is 15.4. The molecule has 0 aliphatic heterocycles. The highest BCUT2D eigenvalue weighted by Gasteiger charge is 2.51. The van der Waals surface area contributed by atoms with Crippen LogP contribution in [0.5, 0.6) is 5.75 Å². The molecule has 1 aromatic rings. The predicted octanol–water partition coefficient (Wildman–Crippen LogP) is 3.69. The summed E-state index contributed by atoms with van der Waals surface area (Å²) in [6.45, 7) is 4.36. The summed E-state index contributed by atoms with van der Waals surface area (Å²) in [5.41, 5.74) is -12.0. The summed E-state index contributed by atoms with van der Waals surface area (Å²) in [5.74, 6) is 3.66. The van der Waals surface area contributed by atoms with E-state index in [4.69, 9.17) is 0 Å². The van der Waals surface area contributed by atoms with E-state index in [1.165, 1.54) is 24.3 Å². The van der Waals surface area contributed by atoms with Crippen LogP contribution in [-0.2, 0) is 26.7 Å². The van der Waals surface area contributed by atoms with Crippen molar-refractivity contribution in [3.63, 3.8) is 0 Å². The largest absolute Gasteiger partial charge is 0.534 e. The van der Waals surface area contributed by atoms with Gasteiger partial charge in [-0.15, -0.1) is 0 Å². The van der Waals surface area contributed by atoms with Crippen molar-refractivity contribution in [2.45, 2.75) is 44.1 Å². The fourth-order valence-corrected chi connectivity index (χ4v) is 5.30. The highest BCUT2D eigenvalue weighted by Crippen LogP contribution is 2.32. The van der Waals surface area contributed by atoms with Gasteiger partial charge in [-0.1, -0.05) is 55.8 Å². The fourth-order valence-electron chi connectivity index (χ4n) is 2.39. The van der Waals surface area contributed by atoms with Gasteiger partial charge in [-0.3, -0.25) is 0 Å². The van der Waals surface area contributed by atoms with Gasteiger partial charge in [0.05, 0.1) is 14.6 Å². The zero-order valence-electron chi connectivity index (χ0n) is 17.9. The smallest absolute Gasteiger partial charge is 0.376 e. The lowest BCUT2D eigenvalue weighted by Crippen LogP contribution is -2.43. The summed E-state index contributed by atoms with van der Waals surface area (Å²) < 4.78 is 130. The summed E-state index contributed by atoms with van der Waals surface area (Å²) in [4.78, 5) is 0. The van der Waals surface area contributed by atoms with Crippen molar-refractivity contribution in [3.05, 3.63) is 35.9 Å². The summed E-state index contributed by atoms with van der Waals surface area (Å²) >= 11 is 0. The van der Waals surface area contributed by atoms with Crippen molar-refractivity contribution in [2.24, 2.45) is 0 Å². The lowest BCUT2D eigenvalue weighted by atomic mass is 10.2. The standard InChI is InChI=1S/C18H21F6NO5S2Si/c1-5-6-7-8-12-25(31(26,27)17(19,20)21)13-14-10-9-11-15(33(2,3)4)16(14)30-32(28,29)18(22,23)24/h5-6,9-11H,12-13H2,1-4H3/b6-5+. The Morgan fingerprint density at radius 1 is 1.03 bits per heavy atom. The third-order valence-corrected chi connectivity index (χ3v) is 8.45. The molecule has 0 bridgehead atoms.